The highest BCUT2D eigenvalue weighted by molar-refractivity contribution is 5.76. The molecule has 0 fully saturated rings. The molecule has 0 spiro atoms. The van der Waals surface area contributed by atoms with E-state index in [2.05, 4.69) is 9.47 Å². The lowest BCUT2D eigenvalue weighted by molar-refractivity contribution is -0.142. The number of carbonyl (C=O) groups is 2. The van der Waals surface area contributed by atoms with E-state index >= 15 is 0 Å². The second-order valence-electron chi connectivity index (χ2n) is 5.68. The minimum absolute atomic E-state index is 0.128. The van der Waals surface area contributed by atoms with Crippen LogP contribution < -0.4 is 11.5 Å². The first-order chi connectivity index (χ1) is 15.6. The Morgan fingerprint density at radius 1 is 0.833 bits per heavy atom. The number of ether oxygens (including phenoxy) is 2. The van der Waals surface area contributed by atoms with Crippen LogP contribution in [0.3, 0.4) is 0 Å². The van der Waals surface area contributed by atoms with E-state index in [-0.39, 0.29) is 22.6 Å². The number of phenolic OH excluding ortho intramolecular Hbond substituents is 4. The number of hydrogen-bond donors (Lipinski definition) is 6. The summed E-state index contributed by atoms with van der Waals surface area (Å²) in [4.78, 5) is 22.5. The highest BCUT2D eigenvalue weighted by Crippen LogP contribution is 2.26. The molecule has 0 aliphatic rings. The van der Waals surface area contributed by atoms with Gasteiger partial charge in [0.1, 0.15) is 12.0 Å². The van der Waals surface area contributed by atoms with Gasteiger partial charge in [-0.1, -0.05) is 12.1 Å². The van der Waals surface area contributed by atoms with Crippen LogP contribution in [0.15, 0.2) is 36.4 Å². The molecule has 0 aromatic heterocycles. The van der Waals surface area contributed by atoms with Crippen molar-refractivity contribution >= 4 is 11.9 Å². The van der Waals surface area contributed by atoms with Crippen molar-refractivity contribution in [3.63, 3.8) is 0 Å². The molecule has 0 bridgehead atoms. The molecule has 0 aliphatic heterocycles. The topological polar surface area (TPSA) is 186 Å². The van der Waals surface area contributed by atoms with Gasteiger partial charge in [-0.25, -0.2) is 0 Å². The number of rotatable bonds is 6. The number of nitrogens with two attached hydrogens (primary N) is 2. The molecule has 0 heterocycles. The summed E-state index contributed by atoms with van der Waals surface area (Å²) in [7, 11) is 2.14. The smallest absolute Gasteiger partial charge is 0.322 e. The Balaban J connectivity index is 0.000000340. The number of phenols is 4. The Labute approximate surface area is 178 Å². The van der Waals surface area contributed by atoms with Gasteiger partial charge in [0.15, 0.2) is 23.0 Å². The molecule has 0 amide bonds. The molecule has 10 heteroatoms. The first-order valence-corrected chi connectivity index (χ1v) is 8.24. The monoisotopic (exact) mass is 426 g/mol. The molecule has 2 aromatic carbocycles. The summed E-state index contributed by atoms with van der Waals surface area (Å²) in [5, 5.41) is 36.7. The van der Waals surface area contributed by atoms with Crippen molar-refractivity contribution in [2.45, 2.75) is 24.8 Å². The molecule has 8 N–H and O–H groups in total. The minimum atomic E-state index is -2.28. The lowest BCUT2D eigenvalue weighted by atomic mass is 10.1. The van der Waals surface area contributed by atoms with E-state index in [0.717, 1.165) is 38.5 Å². The van der Waals surface area contributed by atoms with Crippen LogP contribution >= 0.6 is 0 Å². The predicted molar refractivity (Wildman–Crippen MR) is 107 cm³/mol. The van der Waals surface area contributed by atoms with Crippen LogP contribution in [0.5, 0.6) is 23.0 Å². The van der Waals surface area contributed by atoms with Gasteiger partial charge in [0.25, 0.3) is 0 Å². The molecule has 2 rings (SSSR count). The Hall–Kier alpha value is -3.50. The van der Waals surface area contributed by atoms with E-state index in [9.17, 15) is 19.8 Å². The molecule has 0 radical (unpaired) electrons. The van der Waals surface area contributed by atoms with E-state index in [4.69, 9.17) is 27.2 Å². The van der Waals surface area contributed by atoms with Crippen molar-refractivity contribution in [3.8, 4) is 23.0 Å². The van der Waals surface area contributed by atoms with Crippen molar-refractivity contribution in [3.05, 3.63) is 47.5 Å². The van der Waals surface area contributed by atoms with Gasteiger partial charge in [0.05, 0.1) is 17.0 Å². The SMILES string of the molecule is [2H][C@@H](c1ccc(O)c(O)c1)[C@@]([2H])(N)C(=O)OC.[2H][C@H](c1ccc(O)c(O)c1)[C@@]([2H])(N)C(=O)OC. The molecule has 0 saturated heterocycles. The van der Waals surface area contributed by atoms with Crippen molar-refractivity contribution in [2.24, 2.45) is 11.5 Å². The molecular formula is C20H26N2O8. The fourth-order valence-electron chi connectivity index (χ4n) is 1.97. The van der Waals surface area contributed by atoms with Crippen LogP contribution in [0.1, 0.15) is 16.6 Å². The first-order valence-electron chi connectivity index (χ1n) is 10.4. The largest absolute Gasteiger partial charge is 0.504 e. The standard InChI is InChI=1S/2C10H13NO4/c2*1-15-10(14)7(11)4-6-2-3-8(12)9(13)5-6/h2*2-3,5,7,12-13H,4,11H2,1H3/t2*7-/m11/s1/i2*4D,7D/t4-,7+;4-,7-/m01. The van der Waals surface area contributed by atoms with Crippen LogP contribution in [0, 0.1) is 0 Å². The van der Waals surface area contributed by atoms with Crippen molar-refractivity contribution in [1.29, 1.82) is 0 Å². The molecule has 10 nitrogen and oxygen atoms in total. The van der Waals surface area contributed by atoms with Gasteiger partial charge in [-0.05, 0) is 48.2 Å². The maximum absolute atomic E-state index is 11.2. The third-order valence-electron chi connectivity index (χ3n) is 3.49. The second-order valence-corrected chi connectivity index (χ2v) is 5.68. The fraction of sp³-hybridized carbons (Fsp3) is 0.300. The Kier molecular flexibility index (Phi) is 7.09. The lowest BCUT2D eigenvalue weighted by Gasteiger charge is -2.09. The Bertz CT molecular complexity index is 954. The fourth-order valence-corrected chi connectivity index (χ4v) is 1.97. The van der Waals surface area contributed by atoms with Crippen LogP contribution in [0.4, 0.5) is 0 Å². The van der Waals surface area contributed by atoms with Gasteiger partial charge < -0.3 is 41.4 Å². The number of hydrogen-bond acceptors (Lipinski definition) is 10. The third-order valence-corrected chi connectivity index (χ3v) is 3.49. The highest BCUT2D eigenvalue weighted by atomic mass is 16.5. The van der Waals surface area contributed by atoms with Gasteiger partial charge >= 0.3 is 11.9 Å². The maximum atomic E-state index is 11.2. The summed E-state index contributed by atoms with van der Waals surface area (Å²) in [6, 6.07) is 2.49. The highest BCUT2D eigenvalue weighted by Gasteiger charge is 2.15. The van der Waals surface area contributed by atoms with Gasteiger partial charge in [-0.15, -0.1) is 0 Å². The normalized spacial score (nSPS) is 18.3. The quantitative estimate of drug-likeness (QED) is 0.277. The molecule has 4 atom stereocenters. The summed E-state index contributed by atoms with van der Waals surface area (Å²) in [6.45, 7) is 0. The molecule has 30 heavy (non-hydrogen) atoms. The van der Waals surface area contributed by atoms with Crippen LogP contribution in [-0.2, 0) is 31.9 Å². The summed E-state index contributed by atoms with van der Waals surface area (Å²) < 4.78 is 39.2. The Morgan fingerprint density at radius 3 is 1.43 bits per heavy atom. The van der Waals surface area contributed by atoms with Gasteiger partial charge in [0.2, 0.25) is 0 Å². The summed E-state index contributed by atoms with van der Waals surface area (Å²) in [5.41, 5.74) is 11.0. The summed E-state index contributed by atoms with van der Waals surface area (Å²) >= 11 is 0. The molecule has 164 valence electrons. The van der Waals surface area contributed by atoms with Crippen molar-refractivity contribution < 1.29 is 45.0 Å². The van der Waals surface area contributed by atoms with Crippen molar-refractivity contribution in [2.75, 3.05) is 14.2 Å². The molecule has 0 unspecified atom stereocenters. The number of aromatic hydroxyl groups is 4. The van der Waals surface area contributed by atoms with E-state index in [1.807, 2.05) is 0 Å². The molecule has 0 aliphatic carbocycles. The van der Waals surface area contributed by atoms with Gasteiger partial charge in [-0.3, -0.25) is 9.59 Å². The number of benzene rings is 2. The lowest BCUT2D eigenvalue weighted by Crippen LogP contribution is -2.33. The number of methoxy groups -OCH3 is 2. The van der Waals surface area contributed by atoms with Crippen LogP contribution in [0.25, 0.3) is 0 Å². The van der Waals surface area contributed by atoms with E-state index in [1.165, 1.54) is 12.1 Å². The van der Waals surface area contributed by atoms with Crippen molar-refractivity contribution in [1.82, 2.24) is 0 Å². The van der Waals surface area contributed by atoms with E-state index in [0.29, 0.717) is 0 Å². The zero-order valence-electron chi connectivity index (χ0n) is 20.2. The third kappa shape index (κ3) is 7.49. The predicted octanol–water partition coefficient (Wildman–Crippen LogP) is 0.281. The molecule has 2 aromatic rings. The first kappa shape index (κ1) is 18.5. The Morgan fingerprint density at radius 2 is 1.17 bits per heavy atom. The minimum Gasteiger partial charge on any atom is -0.504 e. The molecular weight excluding hydrogens is 396 g/mol. The average molecular weight is 426 g/mol. The maximum Gasteiger partial charge on any atom is 0.322 e. The van der Waals surface area contributed by atoms with E-state index < -0.39 is 48.3 Å². The van der Waals surface area contributed by atoms with Crippen LogP contribution in [-0.4, -0.2) is 58.6 Å². The second kappa shape index (κ2) is 11.5. The molecule has 0 saturated carbocycles. The number of esters is 2. The summed E-state index contributed by atoms with van der Waals surface area (Å²) in [6.07, 6.45) is -2.89. The van der Waals surface area contributed by atoms with Gasteiger partial charge in [0, 0.05) is 2.74 Å². The summed E-state index contributed by atoms with van der Waals surface area (Å²) in [5.74, 6) is -3.70. The van der Waals surface area contributed by atoms with E-state index in [1.54, 1.807) is 0 Å². The zero-order chi connectivity index (χ0) is 26.4. The average Bonchev–Trinajstić information content (AvgIpc) is 2.80. The van der Waals surface area contributed by atoms with Crippen LogP contribution in [0.2, 0.25) is 0 Å². The zero-order valence-corrected chi connectivity index (χ0v) is 16.2. The van der Waals surface area contributed by atoms with Gasteiger partial charge in [-0.2, -0.15) is 0 Å². The number of carbonyl (C=O) groups excluding carboxylic acids is 2.